The van der Waals surface area contributed by atoms with Crippen LogP contribution in [0.15, 0.2) is 24.3 Å². The number of alkyl halides is 3. The lowest BCUT2D eigenvalue weighted by Crippen LogP contribution is -2.41. The monoisotopic (exact) mass is 536 g/mol. The Kier molecular flexibility index (Phi) is 6.46. The Labute approximate surface area is 218 Å². The highest BCUT2D eigenvalue weighted by atomic mass is 19.4. The van der Waals surface area contributed by atoms with Crippen LogP contribution in [0.2, 0.25) is 0 Å². The molecule has 0 saturated carbocycles. The van der Waals surface area contributed by atoms with Crippen LogP contribution in [0.3, 0.4) is 0 Å². The van der Waals surface area contributed by atoms with Crippen LogP contribution in [-0.2, 0) is 31.4 Å². The molecule has 11 heteroatoms. The van der Waals surface area contributed by atoms with Gasteiger partial charge in [0.2, 0.25) is 0 Å². The molecule has 1 unspecified atom stereocenters. The molecule has 2 atom stereocenters. The molecule has 1 aliphatic carbocycles. The van der Waals surface area contributed by atoms with E-state index in [0.29, 0.717) is 30.1 Å². The second-order valence-electron chi connectivity index (χ2n) is 10.9. The summed E-state index contributed by atoms with van der Waals surface area (Å²) < 4.78 is 85.8. The Morgan fingerprint density at radius 3 is 2.45 bits per heavy atom. The van der Waals surface area contributed by atoms with Crippen molar-refractivity contribution in [1.29, 1.82) is 0 Å². The van der Waals surface area contributed by atoms with Crippen LogP contribution in [0, 0.1) is 5.82 Å². The van der Waals surface area contributed by atoms with Gasteiger partial charge in [0.05, 0.1) is 36.9 Å². The summed E-state index contributed by atoms with van der Waals surface area (Å²) in [6.45, 7) is 7.51. The molecule has 2 aliphatic heterocycles. The number of hydrogen-bond donors (Lipinski definition) is 0. The first-order chi connectivity index (χ1) is 17.7. The minimum absolute atomic E-state index is 0.130. The van der Waals surface area contributed by atoms with Gasteiger partial charge in [0.1, 0.15) is 23.4 Å². The maximum absolute atomic E-state index is 15.5. The molecule has 38 heavy (non-hydrogen) atoms. The summed E-state index contributed by atoms with van der Waals surface area (Å²) in [5.41, 5.74) is -1.67. The Hall–Kier alpha value is -2.79. The van der Waals surface area contributed by atoms with Gasteiger partial charge < -0.3 is 23.5 Å². The summed E-state index contributed by atoms with van der Waals surface area (Å²) in [6.07, 6.45) is -5.12. The van der Waals surface area contributed by atoms with E-state index in [1.165, 1.54) is 7.11 Å². The van der Waals surface area contributed by atoms with Gasteiger partial charge in [-0.25, -0.2) is 4.39 Å². The number of ether oxygens (including phenoxy) is 3. The lowest BCUT2D eigenvalue weighted by Gasteiger charge is -2.32. The number of esters is 1. The molecule has 0 N–H and O–H groups in total. The molecule has 1 fully saturated rings. The van der Waals surface area contributed by atoms with Crippen molar-refractivity contribution >= 4 is 18.6 Å². The van der Waals surface area contributed by atoms with Gasteiger partial charge in [-0.3, -0.25) is 4.79 Å². The highest BCUT2D eigenvalue weighted by molar-refractivity contribution is 6.62. The Morgan fingerprint density at radius 1 is 1.13 bits per heavy atom. The van der Waals surface area contributed by atoms with E-state index in [1.54, 1.807) is 45.9 Å². The zero-order valence-corrected chi connectivity index (χ0v) is 21.8. The Bertz CT molecular complexity index is 1260. The van der Waals surface area contributed by atoms with Crippen molar-refractivity contribution in [1.82, 2.24) is 0 Å². The van der Waals surface area contributed by atoms with Crippen molar-refractivity contribution in [3.63, 3.8) is 0 Å². The summed E-state index contributed by atoms with van der Waals surface area (Å²) in [5, 5.41) is 0. The fourth-order valence-electron chi connectivity index (χ4n) is 5.23. The number of hydrogen-bond acceptors (Lipinski definition) is 6. The molecule has 6 nitrogen and oxygen atoms in total. The van der Waals surface area contributed by atoms with E-state index in [-0.39, 0.29) is 35.8 Å². The maximum Gasteiger partial charge on any atom is 0.495 e. The molecule has 0 radical (unpaired) electrons. The van der Waals surface area contributed by atoms with Crippen molar-refractivity contribution in [3.05, 3.63) is 52.3 Å². The molecule has 3 aliphatic rings. The first-order valence-electron chi connectivity index (χ1n) is 12.5. The SMILES string of the molecule is COC(=O)CC1COc2cc(O[C@@H]3CCc4c(B5OC(C)(C)C(C)(C)O5)cc(C(F)(F)F)c(F)c43)ccc21. The number of fused-ring (bicyclic) bond motifs is 2. The van der Waals surface area contributed by atoms with Gasteiger partial charge in [-0.1, -0.05) is 6.07 Å². The van der Waals surface area contributed by atoms with Crippen molar-refractivity contribution in [2.45, 2.75) is 76.4 Å². The summed E-state index contributed by atoms with van der Waals surface area (Å²) in [4.78, 5) is 11.7. The van der Waals surface area contributed by atoms with Crippen LogP contribution < -0.4 is 14.9 Å². The second kappa shape index (κ2) is 9.15. The summed E-state index contributed by atoms with van der Waals surface area (Å²) >= 11 is 0. The molecule has 204 valence electrons. The number of carbonyl (C=O) groups is 1. The van der Waals surface area contributed by atoms with E-state index in [1.807, 2.05) is 0 Å². The molecule has 0 aromatic heterocycles. The van der Waals surface area contributed by atoms with Gasteiger partial charge in [0.25, 0.3) is 0 Å². The molecular weight excluding hydrogens is 507 g/mol. The van der Waals surface area contributed by atoms with E-state index >= 15 is 4.39 Å². The largest absolute Gasteiger partial charge is 0.495 e. The standard InChI is InChI=1S/C27H29BF4O6/c1-25(2)26(3,4)38-28(37-25)19-12-18(27(30,31)32)24(29)23-17(19)8-9-20(23)36-15-6-7-16-14(10-22(33)34-5)13-35-21(16)11-15/h6-7,11-12,14,20H,8-10,13H2,1-5H3/t14?,20-/m1/s1. The average Bonchev–Trinajstić information content (AvgIpc) is 3.47. The highest BCUT2D eigenvalue weighted by Gasteiger charge is 2.54. The Morgan fingerprint density at radius 2 is 1.82 bits per heavy atom. The summed E-state index contributed by atoms with van der Waals surface area (Å²) in [7, 11) is 0.242. The van der Waals surface area contributed by atoms with Crippen molar-refractivity contribution < 1.29 is 45.9 Å². The van der Waals surface area contributed by atoms with E-state index in [0.717, 1.165) is 11.6 Å². The summed E-state index contributed by atoms with van der Waals surface area (Å²) in [6, 6.07) is 5.82. The first-order valence-corrected chi connectivity index (χ1v) is 12.5. The number of rotatable bonds is 5. The fraction of sp³-hybridized carbons (Fsp3) is 0.519. The Balaban J connectivity index is 1.48. The normalized spacial score (nSPS) is 23.1. The molecular formula is C27H29BF4O6. The smallest absolute Gasteiger partial charge is 0.492 e. The lowest BCUT2D eigenvalue weighted by atomic mass is 9.74. The molecule has 2 aromatic rings. The second-order valence-corrected chi connectivity index (χ2v) is 10.9. The van der Waals surface area contributed by atoms with Gasteiger partial charge >= 0.3 is 19.3 Å². The minimum Gasteiger partial charge on any atom is -0.492 e. The van der Waals surface area contributed by atoms with Gasteiger partial charge in [-0.2, -0.15) is 13.2 Å². The van der Waals surface area contributed by atoms with Gasteiger partial charge in [-0.15, -0.1) is 0 Å². The molecule has 0 amide bonds. The molecule has 0 spiro atoms. The quantitative estimate of drug-likeness (QED) is 0.296. The van der Waals surface area contributed by atoms with Crippen LogP contribution in [0.5, 0.6) is 11.5 Å². The topological polar surface area (TPSA) is 63.2 Å². The number of halogens is 4. The highest BCUT2D eigenvalue weighted by Crippen LogP contribution is 2.45. The number of methoxy groups -OCH3 is 1. The minimum atomic E-state index is -4.92. The number of carbonyl (C=O) groups excluding carboxylic acids is 1. The van der Waals surface area contributed by atoms with E-state index < -0.39 is 42.0 Å². The first kappa shape index (κ1) is 26.8. The van der Waals surface area contributed by atoms with Crippen LogP contribution in [0.1, 0.15) is 74.8 Å². The molecule has 0 bridgehead atoms. The van der Waals surface area contributed by atoms with E-state index in [2.05, 4.69) is 0 Å². The van der Waals surface area contributed by atoms with Crippen molar-refractivity contribution in [3.8, 4) is 11.5 Å². The molecule has 2 aromatic carbocycles. The van der Waals surface area contributed by atoms with Crippen molar-refractivity contribution in [2.24, 2.45) is 0 Å². The molecule has 2 heterocycles. The maximum atomic E-state index is 15.5. The van der Waals surface area contributed by atoms with Gasteiger partial charge in [0, 0.05) is 23.1 Å². The predicted molar refractivity (Wildman–Crippen MR) is 130 cm³/mol. The van der Waals surface area contributed by atoms with Crippen LogP contribution in [0.4, 0.5) is 17.6 Å². The van der Waals surface area contributed by atoms with E-state index in [9.17, 15) is 18.0 Å². The fourth-order valence-corrected chi connectivity index (χ4v) is 5.23. The summed E-state index contributed by atoms with van der Waals surface area (Å²) in [5.74, 6) is -1.03. The zero-order chi connectivity index (χ0) is 27.6. The van der Waals surface area contributed by atoms with Crippen LogP contribution >= 0.6 is 0 Å². The molecule has 1 saturated heterocycles. The third-order valence-corrected chi connectivity index (χ3v) is 8.02. The zero-order valence-electron chi connectivity index (χ0n) is 21.8. The third kappa shape index (κ3) is 4.53. The van der Waals surface area contributed by atoms with Crippen LogP contribution in [0.25, 0.3) is 0 Å². The van der Waals surface area contributed by atoms with Gasteiger partial charge in [0.15, 0.2) is 0 Å². The molecule has 5 rings (SSSR count). The van der Waals surface area contributed by atoms with Crippen LogP contribution in [-0.4, -0.2) is 38.0 Å². The van der Waals surface area contributed by atoms with Gasteiger partial charge in [-0.05, 0) is 63.7 Å². The average molecular weight is 536 g/mol. The van der Waals surface area contributed by atoms with E-state index in [4.69, 9.17) is 23.5 Å². The van der Waals surface area contributed by atoms with Crippen molar-refractivity contribution in [2.75, 3.05) is 13.7 Å². The predicted octanol–water partition coefficient (Wildman–Crippen LogP) is 5.25. The number of benzene rings is 2. The lowest BCUT2D eigenvalue weighted by molar-refractivity contribution is -0.141. The third-order valence-electron chi connectivity index (χ3n) is 8.02.